The van der Waals surface area contributed by atoms with Crippen LogP contribution in [0.5, 0.6) is 5.75 Å². The minimum absolute atomic E-state index is 0.0136. The van der Waals surface area contributed by atoms with E-state index in [1.165, 1.54) is 0 Å². The second-order valence-electron chi connectivity index (χ2n) is 7.43. The summed E-state index contributed by atoms with van der Waals surface area (Å²) in [6.07, 6.45) is 0.703. The number of carbonyl (C=O) groups excluding carboxylic acids is 1. The Balaban J connectivity index is 1.49. The Bertz CT molecular complexity index is 1290. The second kappa shape index (κ2) is 7.22. The Hall–Kier alpha value is -3.80. The highest BCUT2D eigenvalue weighted by atomic mass is 16.5. The van der Waals surface area contributed by atoms with E-state index in [1.807, 2.05) is 71.6 Å². The fourth-order valence-corrected chi connectivity index (χ4v) is 4.12. The highest BCUT2D eigenvalue weighted by Gasteiger charge is 2.36. The highest BCUT2D eigenvalue weighted by Crippen LogP contribution is 2.37. The van der Waals surface area contributed by atoms with Crippen LogP contribution in [0.2, 0.25) is 0 Å². The lowest BCUT2D eigenvalue weighted by Crippen LogP contribution is -2.28. The van der Waals surface area contributed by atoms with Gasteiger partial charge in [0.2, 0.25) is 0 Å². The zero-order valence-corrected chi connectivity index (χ0v) is 16.4. The molecule has 1 N–H and O–H groups in total. The fraction of sp³-hybridized carbons (Fsp3) is 0.167. The Morgan fingerprint density at radius 2 is 1.77 bits per heavy atom. The van der Waals surface area contributed by atoms with Crippen LogP contribution in [0.1, 0.15) is 33.1 Å². The lowest BCUT2D eigenvalue weighted by Gasteiger charge is -2.26. The molecule has 0 bridgehead atoms. The van der Waals surface area contributed by atoms with Gasteiger partial charge in [-0.25, -0.2) is 4.79 Å². The average Bonchev–Trinajstić information content (AvgIpc) is 3.26. The van der Waals surface area contributed by atoms with Crippen molar-refractivity contribution in [2.24, 2.45) is 0 Å². The second-order valence-corrected chi connectivity index (χ2v) is 7.43. The number of nitrogens with one attached hydrogen (secondary N) is 1. The number of aromatic amines is 1. The number of H-pyrrole nitrogens is 1. The number of amides is 1. The van der Waals surface area contributed by atoms with Gasteiger partial charge in [0.1, 0.15) is 5.75 Å². The third kappa shape index (κ3) is 3.16. The molecule has 0 aliphatic carbocycles. The SMILES string of the molecule is COc1ccc(CC2c3ccccc3C(=O)N2Cc2ccc3[nH]c(=O)oc3c2)cc1. The number of fused-ring (bicyclic) bond motifs is 2. The molecule has 1 amide bonds. The lowest BCUT2D eigenvalue weighted by molar-refractivity contribution is 0.0709. The summed E-state index contributed by atoms with van der Waals surface area (Å²) >= 11 is 0. The van der Waals surface area contributed by atoms with E-state index in [9.17, 15) is 9.59 Å². The molecule has 30 heavy (non-hydrogen) atoms. The van der Waals surface area contributed by atoms with Crippen molar-refractivity contribution < 1.29 is 13.9 Å². The molecule has 0 radical (unpaired) electrons. The fourth-order valence-electron chi connectivity index (χ4n) is 4.12. The Labute approximate surface area is 172 Å². The Kier molecular flexibility index (Phi) is 4.39. The van der Waals surface area contributed by atoms with Gasteiger partial charge in [0.25, 0.3) is 5.91 Å². The predicted molar refractivity (Wildman–Crippen MR) is 113 cm³/mol. The molecular formula is C24H20N2O4. The first-order chi connectivity index (χ1) is 14.6. The molecule has 150 valence electrons. The van der Waals surface area contributed by atoms with Crippen LogP contribution in [0.15, 0.2) is 75.9 Å². The number of ether oxygens (including phenoxy) is 1. The number of hydrogen-bond donors (Lipinski definition) is 1. The summed E-state index contributed by atoms with van der Waals surface area (Å²) in [6, 6.07) is 21.2. The van der Waals surface area contributed by atoms with Crippen LogP contribution < -0.4 is 10.5 Å². The number of hydrogen-bond acceptors (Lipinski definition) is 4. The summed E-state index contributed by atoms with van der Waals surface area (Å²) in [5.74, 6) is 0.337. The molecule has 6 nitrogen and oxygen atoms in total. The van der Waals surface area contributed by atoms with Gasteiger partial charge in [-0.2, -0.15) is 0 Å². The Morgan fingerprint density at radius 1 is 1.00 bits per heavy atom. The summed E-state index contributed by atoms with van der Waals surface area (Å²) < 4.78 is 10.4. The third-order valence-corrected chi connectivity index (χ3v) is 5.61. The molecule has 6 heteroatoms. The van der Waals surface area contributed by atoms with E-state index in [-0.39, 0.29) is 11.9 Å². The van der Waals surface area contributed by atoms with E-state index in [0.717, 1.165) is 28.0 Å². The largest absolute Gasteiger partial charge is 0.497 e. The molecular weight excluding hydrogens is 380 g/mol. The molecule has 0 saturated heterocycles. The molecule has 0 fully saturated rings. The van der Waals surface area contributed by atoms with Crippen LogP contribution in [-0.4, -0.2) is 22.9 Å². The van der Waals surface area contributed by atoms with Crippen molar-refractivity contribution in [1.29, 1.82) is 0 Å². The first-order valence-corrected chi connectivity index (χ1v) is 9.77. The lowest BCUT2D eigenvalue weighted by atomic mass is 9.98. The standard InChI is InChI=1S/C24H20N2O4/c1-29-17-9-6-15(7-10-17)12-21-18-4-2-3-5-19(18)23(27)26(21)14-16-8-11-20-22(13-16)30-24(28)25-20/h2-11,13,21H,12,14H2,1H3,(H,25,28). The maximum atomic E-state index is 13.2. The van der Waals surface area contributed by atoms with Crippen LogP contribution in [-0.2, 0) is 13.0 Å². The zero-order chi connectivity index (χ0) is 20.7. The smallest absolute Gasteiger partial charge is 0.417 e. The summed E-state index contributed by atoms with van der Waals surface area (Å²) in [4.78, 5) is 29.2. The maximum Gasteiger partial charge on any atom is 0.417 e. The zero-order valence-electron chi connectivity index (χ0n) is 16.4. The molecule has 5 rings (SSSR count). The van der Waals surface area contributed by atoms with Gasteiger partial charge in [0.15, 0.2) is 5.58 Å². The van der Waals surface area contributed by atoms with Crippen molar-refractivity contribution in [2.45, 2.75) is 19.0 Å². The van der Waals surface area contributed by atoms with Gasteiger partial charge in [0, 0.05) is 12.1 Å². The van der Waals surface area contributed by atoms with Gasteiger partial charge in [-0.1, -0.05) is 36.4 Å². The molecule has 0 spiro atoms. The van der Waals surface area contributed by atoms with E-state index < -0.39 is 5.76 Å². The number of aromatic nitrogens is 1. The highest BCUT2D eigenvalue weighted by molar-refractivity contribution is 5.99. The van der Waals surface area contributed by atoms with Crippen LogP contribution >= 0.6 is 0 Å². The first-order valence-electron chi connectivity index (χ1n) is 9.77. The number of carbonyl (C=O) groups is 1. The van der Waals surface area contributed by atoms with Crippen molar-refractivity contribution in [3.8, 4) is 5.75 Å². The van der Waals surface area contributed by atoms with Crippen molar-refractivity contribution in [1.82, 2.24) is 9.88 Å². The summed E-state index contributed by atoms with van der Waals surface area (Å²) in [7, 11) is 1.64. The van der Waals surface area contributed by atoms with Gasteiger partial charge in [-0.15, -0.1) is 0 Å². The predicted octanol–water partition coefficient (Wildman–Crippen LogP) is 4.07. The molecule has 1 aliphatic rings. The van der Waals surface area contributed by atoms with Crippen molar-refractivity contribution >= 4 is 17.0 Å². The molecule has 2 heterocycles. The monoisotopic (exact) mass is 400 g/mol. The van der Waals surface area contributed by atoms with Crippen LogP contribution in [0.4, 0.5) is 0 Å². The first kappa shape index (κ1) is 18.2. The molecule has 1 unspecified atom stereocenters. The number of benzene rings is 3. The Morgan fingerprint density at radius 3 is 2.57 bits per heavy atom. The van der Waals surface area contributed by atoms with E-state index in [4.69, 9.17) is 9.15 Å². The third-order valence-electron chi connectivity index (χ3n) is 5.61. The minimum Gasteiger partial charge on any atom is -0.497 e. The van der Waals surface area contributed by atoms with Gasteiger partial charge in [0.05, 0.1) is 18.7 Å². The summed E-state index contributed by atoms with van der Waals surface area (Å²) in [5, 5.41) is 0. The number of methoxy groups -OCH3 is 1. The number of oxazole rings is 1. The van der Waals surface area contributed by atoms with Crippen molar-refractivity contribution in [3.05, 3.63) is 99.5 Å². The molecule has 1 aromatic heterocycles. The van der Waals surface area contributed by atoms with Crippen LogP contribution in [0.3, 0.4) is 0 Å². The molecule has 1 aliphatic heterocycles. The quantitative estimate of drug-likeness (QED) is 0.548. The van der Waals surface area contributed by atoms with E-state index in [2.05, 4.69) is 4.98 Å². The van der Waals surface area contributed by atoms with Crippen molar-refractivity contribution in [2.75, 3.05) is 7.11 Å². The molecule has 4 aromatic rings. The van der Waals surface area contributed by atoms with Crippen LogP contribution in [0.25, 0.3) is 11.1 Å². The molecule has 1 atom stereocenters. The summed E-state index contributed by atoms with van der Waals surface area (Å²) in [6.45, 7) is 0.430. The van der Waals surface area contributed by atoms with Crippen LogP contribution in [0, 0.1) is 0 Å². The number of rotatable bonds is 5. The van der Waals surface area contributed by atoms with Gasteiger partial charge in [-0.05, 0) is 53.4 Å². The topological polar surface area (TPSA) is 75.5 Å². The average molecular weight is 400 g/mol. The molecule has 0 saturated carbocycles. The van der Waals surface area contributed by atoms with E-state index in [0.29, 0.717) is 24.1 Å². The van der Waals surface area contributed by atoms with Gasteiger partial charge >= 0.3 is 5.76 Å². The van der Waals surface area contributed by atoms with Crippen molar-refractivity contribution in [3.63, 3.8) is 0 Å². The van der Waals surface area contributed by atoms with Gasteiger partial charge in [-0.3, -0.25) is 9.78 Å². The van der Waals surface area contributed by atoms with E-state index in [1.54, 1.807) is 7.11 Å². The minimum atomic E-state index is -0.482. The summed E-state index contributed by atoms with van der Waals surface area (Å²) in [5.41, 5.74) is 4.95. The maximum absolute atomic E-state index is 13.2. The van der Waals surface area contributed by atoms with E-state index >= 15 is 0 Å². The molecule has 3 aromatic carbocycles. The van der Waals surface area contributed by atoms with Gasteiger partial charge < -0.3 is 14.1 Å². The number of nitrogens with zero attached hydrogens (tertiary/aromatic N) is 1. The normalized spacial score (nSPS) is 15.6.